The Morgan fingerprint density at radius 2 is 1.62 bits per heavy atom. The van der Waals surface area contributed by atoms with E-state index in [-0.39, 0.29) is 6.04 Å². The van der Waals surface area contributed by atoms with Gasteiger partial charge in [0.05, 0.1) is 6.04 Å². The van der Waals surface area contributed by atoms with Crippen molar-refractivity contribution in [2.24, 2.45) is 0 Å². The molecule has 2 fully saturated rings. The molecule has 4 nitrogen and oxygen atoms in total. The van der Waals surface area contributed by atoms with E-state index in [0.717, 1.165) is 19.6 Å². The van der Waals surface area contributed by atoms with Gasteiger partial charge in [0.25, 0.3) is 0 Å². The molecule has 2 saturated heterocycles. The first kappa shape index (κ1) is 16.8. The molecule has 0 saturated carbocycles. The van der Waals surface area contributed by atoms with Crippen molar-refractivity contribution >= 4 is 5.91 Å². The molecule has 0 bridgehead atoms. The van der Waals surface area contributed by atoms with E-state index < -0.39 is 0 Å². The fourth-order valence-corrected chi connectivity index (χ4v) is 3.89. The van der Waals surface area contributed by atoms with Gasteiger partial charge in [-0.3, -0.25) is 9.69 Å². The Balaban J connectivity index is 2.01. The van der Waals surface area contributed by atoms with Gasteiger partial charge in [0.15, 0.2) is 0 Å². The van der Waals surface area contributed by atoms with Crippen molar-refractivity contribution in [3.05, 3.63) is 0 Å². The average molecular weight is 295 g/mol. The number of piperidine rings is 1. The van der Waals surface area contributed by atoms with Crippen LogP contribution >= 0.6 is 0 Å². The van der Waals surface area contributed by atoms with Crippen LogP contribution in [-0.2, 0) is 4.79 Å². The van der Waals surface area contributed by atoms with Crippen LogP contribution in [0.15, 0.2) is 0 Å². The summed E-state index contributed by atoms with van der Waals surface area (Å²) in [6, 6.07) is 0.976. The minimum atomic E-state index is 0.0317. The monoisotopic (exact) mass is 295 g/mol. The highest BCUT2D eigenvalue weighted by Crippen LogP contribution is 2.23. The molecular formula is C17H33N3O. The molecule has 122 valence electrons. The zero-order valence-electron chi connectivity index (χ0n) is 14.1. The predicted molar refractivity (Wildman–Crippen MR) is 87.4 cm³/mol. The first-order valence-electron chi connectivity index (χ1n) is 8.87. The van der Waals surface area contributed by atoms with Crippen molar-refractivity contribution < 1.29 is 4.79 Å². The highest BCUT2D eigenvalue weighted by atomic mass is 16.2. The summed E-state index contributed by atoms with van der Waals surface area (Å²) in [4.78, 5) is 17.4. The third-order valence-electron chi connectivity index (χ3n) is 5.40. The Labute approximate surface area is 130 Å². The van der Waals surface area contributed by atoms with Gasteiger partial charge in [0, 0.05) is 25.2 Å². The third kappa shape index (κ3) is 4.19. The van der Waals surface area contributed by atoms with Crippen molar-refractivity contribution in [3.8, 4) is 0 Å². The van der Waals surface area contributed by atoms with Gasteiger partial charge in [-0.15, -0.1) is 0 Å². The largest absolute Gasteiger partial charge is 0.341 e. The number of carbonyl (C=O) groups is 1. The molecule has 21 heavy (non-hydrogen) atoms. The second-order valence-electron chi connectivity index (χ2n) is 6.79. The standard InChI is InChI=1S/C17H33N3O/c1-14(18-3)16-10-6-9-13-20(16)15(2)17(21)19-11-7-4-5-8-12-19/h14-16,18H,4-13H2,1-3H3. The molecule has 0 aliphatic carbocycles. The van der Waals surface area contributed by atoms with Crippen LogP contribution in [0.3, 0.4) is 0 Å². The highest BCUT2D eigenvalue weighted by molar-refractivity contribution is 5.81. The lowest BCUT2D eigenvalue weighted by Crippen LogP contribution is -2.57. The molecule has 2 aliphatic heterocycles. The quantitative estimate of drug-likeness (QED) is 0.864. The number of nitrogens with zero attached hydrogens (tertiary/aromatic N) is 2. The van der Waals surface area contributed by atoms with Crippen molar-refractivity contribution in [2.45, 2.75) is 76.9 Å². The minimum absolute atomic E-state index is 0.0317. The van der Waals surface area contributed by atoms with E-state index >= 15 is 0 Å². The zero-order valence-corrected chi connectivity index (χ0v) is 14.1. The van der Waals surface area contributed by atoms with E-state index in [9.17, 15) is 4.79 Å². The number of rotatable bonds is 4. The summed E-state index contributed by atoms with van der Waals surface area (Å²) in [6.45, 7) is 7.35. The number of nitrogens with one attached hydrogen (secondary N) is 1. The predicted octanol–water partition coefficient (Wildman–Crippen LogP) is 2.24. The first-order valence-corrected chi connectivity index (χ1v) is 8.87. The van der Waals surface area contributed by atoms with Crippen molar-refractivity contribution in [1.82, 2.24) is 15.1 Å². The molecule has 2 aliphatic rings. The molecule has 3 atom stereocenters. The summed E-state index contributed by atoms with van der Waals surface area (Å²) >= 11 is 0. The van der Waals surface area contributed by atoms with E-state index in [4.69, 9.17) is 0 Å². The van der Waals surface area contributed by atoms with Crippen LogP contribution in [0, 0.1) is 0 Å². The molecule has 3 unspecified atom stereocenters. The molecule has 1 N–H and O–H groups in total. The molecule has 0 aromatic heterocycles. The molecule has 0 spiro atoms. The summed E-state index contributed by atoms with van der Waals surface area (Å²) in [6.07, 6.45) is 8.63. The fraction of sp³-hybridized carbons (Fsp3) is 0.941. The third-order valence-corrected chi connectivity index (χ3v) is 5.40. The number of carbonyl (C=O) groups excluding carboxylic acids is 1. The number of hydrogen-bond donors (Lipinski definition) is 1. The van der Waals surface area contributed by atoms with Gasteiger partial charge in [0.2, 0.25) is 5.91 Å². The topological polar surface area (TPSA) is 35.6 Å². The number of hydrogen-bond acceptors (Lipinski definition) is 3. The van der Waals surface area contributed by atoms with E-state index in [1.807, 2.05) is 7.05 Å². The normalized spacial score (nSPS) is 28.0. The summed E-state index contributed by atoms with van der Waals surface area (Å²) in [5.41, 5.74) is 0. The van der Waals surface area contributed by atoms with Crippen LogP contribution in [-0.4, -0.2) is 60.5 Å². The van der Waals surface area contributed by atoms with Gasteiger partial charge in [0.1, 0.15) is 0 Å². The summed E-state index contributed by atoms with van der Waals surface area (Å²) in [5.74, 6) is 0.354. The fourth-order valence-electron chi connectivity index (χ4n) is 3.89. The molecule has 0 aromatic rings. The van der Waals surface area contributed by atoms with Gasteiger partial charge in [-0.1, -0.05) is 19.3 Å². The Morgan fingerprint density at radius 1 is 1.00 bits per heavy atom. The smallest absolute Gasteiger partial charge is 0.239 e. The highest BCUT2D eigenvalue weighted by Gasteiger charge is 2.34. The van der Waals surface area contributed by atoms with Crippen LogP contribution in [0.2, 0.25) is 0 Å². The van der Waals surface area contributed by atoms with Gasteiger partial charge >= 0.3 is 0 Å². The number of likely N-dealkylation sites (tertiary alicyclic amines) is 2. The maximum atomic E-state index is 12.9. The minimum Gasteiger partial charge on any atom is -0.341 e. The van der Waals surface area contributed by atoms with E-state index in [1.165, 1.54) is 44.9 Å². The van der Waals surface area contributed by atoms with E-state index in [1.54, 1.807) is 0 Å². The maximum Gasteiger partial charge on any atom is 0.239 e. The van der Waals surface area contributed by atoms with Crippen molar-refractivity contribution in [3.63, 3.8) is 0 Å². The van der Waals surface area contributed by atoms with E-state index in [0.29, 0.717) is 18.0 Å². The number of amides is 1. The van der Waals surface area contributed by atoms with Crippen LogP contribution in [0.25, 0.3) is 0 Å². The molecule has 0 aromatic carbocycles. The summed E-state index contributed by atoms with van der Waals surface area (Å²) in [5, 5.41) is 3.38. The van der Waals surface area contributed by atoms with Crippen LogP contribution < -0.4 is 5.32 Å². The lowest BCUT2D eigenvalue weighted by atomic mass is 9.94. The van der Waals surface area contributed by atoms with Gasteiger partial charge in [-0.2, -0.15) is 0 Å². The molecule has 4 heteroatoms. The molecule has 2 heterocycles. The molecule has 1 amide bonds. The summed E-state index contributed by atoms with van der Waals surface area (Å²) in [7, 11) is 2.03. The summed E-state index contributed by atoms with van der Waals surface area (Å²) < 4.78 is 0. The van der Waals surface area contributed by atoms with Gasteiger partial charge in [-0.25, -0.2) is 0 Å². The van der Waals surface area contributed by atoms with Gasteiger partial charge in [-0.05, 0) is 53.1 Å². The lowest BCUT2D eigenvalue weighted by Gasteiger charge is -2.43. The van der Waals surface area contributed by atoms with Crippen molar-refractivity contribution in [1.29, 1.82) is 0 Å². The average Bonchev–Trinajstić information content (AvgIpc) is 2.82. The molecular weight excluding hydrogens is 262 g/mol. The lowest BCUT2D eigenvalue weighted by molar-refractivity contribution is -0.138. The van der Waals surface area contributed by atoms with Crippen molar-refractivity contribution in [2.75, 3.05) is 26.7 Å². The van der Waals surface area contributed by atoms with Gasteiger partial charge < -0.3 is 10.2 Å². The molecule has 0 radical (unpaired) electrons. The SMILES string of the molecule is CNC(C)C1CCCCN1C(C)C(=O)N1CCCCCC1. The Kier molecular flexibility index (Phi) is 6.49. The Bertz CT molecular complexity index is 326. The van der Waals surface area contributed by atoms with Crippen LogP contribution in [0.5, 0.6) is 0 Å². The first-order chi connectivity index (χ1) is 10.1. The molecule has 2 rings (SSSR count). The van der Waals surface area contributed by atoms with Crippen LogP contribution in [0.4, 0.5) is 0 Å². The second kappa shape index (κ2) is 8.14. The zero-order chi connectivity index (χ0) is 15.2. The van der Waals surface area contributed by atoms with E-state index in [2.05, 4.69) is 29.0 Å². The maximum absolute atomic E-state index is 12.9. The Hall–Kier alpha value is -0.610. The second-order valence-corrected chi connectivity index (χ2v) is 6.79. The Morgan fingerprint density at radius 3 is 2.24 bits per heavy atom. The number of likely N-dealkylation sites (N-methyl/N-ethyl adjacent to an activating group) is 1. The van der Waals surface area contributed by atoms with Crippen LogP contribution in [0.1, 0.15) is 58.8 Å².